The number of nitrogens with one attached hydrogen (secondary N) is 1. The molecule has 0 bridgehead atoms. The Hall–Kier alpha value is -3.03. The van der Waals surface area contributed by atoms with Crippen LogP contribution in [0.3, 0.4) is 0 Å². The molecule has 1 saturated heterocycles. The molecule has 1 atom stereocenters. The minimum Gasteiger partial charge on any atom is -0.507 e. The van der Waals surface area contributed by atoms with Gasteiger partial charge in [-0.05, 0) is 17.7 Å². The lowest BCUT2D eigenvalue weighted by Crippen LogP contribution is -2.36. The van der Waals surface area contributed by atoms with E-state index in [9.17, 15) is 19.1 Å². The first-order valence-electron chi connectivity index (χ1n) is 8.95. The monoisotopic (exact) mass is 384 g/mol. The number of halogens is 1. The number of ketones is 1. The van der Waals surface area contributed by atoms with Crippen LogP contribution in [0.4, 0.5) is 4.39 Å². The summed E-state index contributed by atoms with van der Waals surface area (Å²) in [6.07, 6.45) is 0. The van der Waals surface area contributed by atoms with Crippen molar-refractivity contribution in [2.24, 2.45) is 0 Å². The smallest absolute Gasteiger partial charge is 0.295 e. The number of nitrogens with zero attached hydrogens (tertiary/aromatic N) is 1. The number of carbonyl (C=O) groups is 2. The highest BCUT2D eigenvalue weighted by Gasteiger charge is 2.45. The molecule has 0 saturated carbocycles. The Bertz CT molecular complexity index is 881. The predicted molar refractivity (Wildman–Crippen MR) is 102 cm³/mol. The normalized spacial score (nSPS) is 18.6. The van der Waals surface area contributed by atoms with Gasteiger partial charge >= 0.3 is 0 Å². The number of hydrogen-bond acceptors (Lipinski definition) is 5. The number of likely N-dealkylation sites (tertiary alicyclic amines) is 1. The summed E-state index contributed by atoms with van der Waals surface area (Å²) in [7, 11) is 0. The molecule has 0 spiro atoms. The van der Waals surface area contributed by atoms with Crippen molar-refractivity contribution in [1.82, 2.24) is 10.2 Å². The summed E-state index contributed by atoms with van der Waals surface area (Å²) in [4.78, 5) is 26.7. The van der Waals surface area contributed by atoms with Gasteiger partial charge in [-0.15, -0.1) is 0 Å². The van der Waals surface area contributed by atoms with Crippen LogP contribution in [0.25, 0.3) is 5.76 Å². The summed E-state index contributed by atoms with van der Waals surface area (Å²) in [6, 6.07) is 13.2. The van der Waals surface area contributed by atoms with E-state index >= 15 is 0 Å². The number of benzene rings is 2. The molecule has 3 N–H and O–H groups in total. The maximum absolute atomic E-state index is 13.4. The lowest BCUT2D eigenvalue weighted by molar-refractivity contribution is -0.139. The van der Waals surface area contributed by atoms with Crippen LogP contribution in [0.5, 0.6) is 0 Å². The highest BCUT2D eigenvalue weighted by atomic mass is 19.1. The summed E-state index contributed by atoms with van der Waals surface area (Å²) >= 11 is 0. The largest absolute Gasteiger partial charge is 0.507 e. The van der Waals surface area contributed by atoms with Crippen LogP contribution < -0.4 is 5.32 Å². The Kier molecular flexibility index (Phi) is 6.18. The van der Waals surface area contributed by atoms with Crippen LogP contribution in [0.2, 0.25) is 0 Å². The number of hydrogen-bond donors (Lipinski definition) is 3. The quantitative estimate of drug-likeness (QED) is 0.293. The Morgan fingerprint density at radius 1 is 1.04 bits per heavy atom. The van der Waals surface area contributed by atoms with Crippen molar-refractivity contribution in [3.05, 3.63) is 77.1 Å². The molecule has 3 rings (SSSR count). The molecular weight excluding hydrogens is 363 g/mol. The fourth-order valence-corrected chi connectivity index (χ4v) is 3.26. The molecule has 2 aromatic carbocycles. The standard InChI is InChI=1S/C21H21FN2O4/c22-16-8-6-14(7-9-16)18-17(19(26)15-4-2-1-3-5-15)20(27)21(28)24(18)12-10-23-11-13-25/h1-9,18,23,25-26H,10-13H2/t18-/m1/s1. The van der Waals surface area contributed by atoms with Crippen molar-refractivity contribution in [3.63, 3.8) is 0 Å². The minimum atomic E-state index is -0.822. The van der Waals surface area contributed by atoms with Gasteiger partial charge in [0.25, 0.3) is 11.7 Å². The van der Waals surface area contributed by atoms with Gasteiger partial charge in [0.1, 0.15) is 11.6 Å². The first kappa shape index (κ1) is 19.7. The van der Waals surface area contributed by atoms with E-state index in [0.717, 1.165) is 0 Å². The van der Waals surface area contributed by atoms with Gasteiger partial charge in [0.2, 0.25) is 0 Å². The number of amides is 1. The third-order valence-corrected chi connectivity index (χ3v) is 4.59. The van der Waals surface area contributed by atoms with Crippen molar-refractivity contribution in [1.29, 1.82) is 0 Å². The fourth-order valence-electron chi connectivity index (χ4n) is 3.26. The summed E-state index contributed by atoms with van der Waals surface area (Å²) in [6.45, 7) is 0.859. The molecule has 1 aliphatic heterocycles. The lowest BCUT2D eigenvalue weighted by atomic mass is 9.95. The van der Waals surface area contributed by atoms with Gasteiger partial charge in [-0.3, -0.25) is 9.59 Å². The van der Waals surface area contributed by atoms with Crippen LogP contribution >= 0.6 is 0 Å². The molecule has 7 heteroatoms. The molecule has 1 amide bonds. The van der Waals surface area contributed by atoms with Crippen molar-refractivity contribution in [2.75, 3.05) is 26.2 Å². The number of rotatable bonds is 7. The summed E-state index contributed by atoms with van der Waals surface area (Å²) in [5.74, 6) is -2.21. The molecule has 0 aromatic heterocycles. The minimum absolute atomic E-state index is 0.0232. The first-order chi connectivity index (χ1) is 13.5. The van der Waals surface area contributed by atoms with E-state index in [1.807, 2.05) is 0 Å². The maximum atomic E-state index is 13.4. The molecule has 146 valence electrons. The van der Waals surface area contributed by atoms with Gasteiger partial charge in [-0.25, -0.2) is 4.39 Å². The van der Waals surface area contributed by atoms with Gasteiger partial charge < -0.3 is 20.4 Å². The zero-order chi connectivity index (χ0) is 20.1. The molecule has 2 aromatic rings. The molecule has 1 heterocycles. The van der Waals surface area contributed by atoms with E-state index < -0.39 is 23.5 Å². The number of Topliss-reactive ketones (excluding diaryl/α,β-unsaturated/α-hetero) is 1. The fraction of sp³-hybridized carbons (Fsp3) is 0.238. The van der Waals surface area contributed by atoms with E-state index in [0.29, 0.717) is 24.2 Å². The molecule has 6 nitrogen and oxygen atoms in total. The van der Waals surface area contributed by atoms with E-state index in [2.05, 4.69) is 5.32 Å². The predicted octanol–water partition coefficient (Wildman–Crippen LogP) is 1.83. The average molecular weight is 384 g/mol. The SMILES string of the molecule is O=C1C(=O)N(CCNCCO)[C@H](c2ccc(F)cc2)C1=C(O)c1ccccc1. The van der Waals surface area contributed by atoms with Crippen LogP contribution in [0.15, 0.2) is 60.2 Å². The van der Waals surface area contributed by atoms with Crippen molar-refractivity contribution in [3.8, 4) is 0 Å². The molecule has 0 radical (unpaired) electrons. The van der Waals surface area contributed by atoms with Crippen molar-refractivity contribution in [2.45, 2.75) is 6.04 Å². The summed E-state index contributed by atoms with van der Waals surface area (Å²) < 4.78 is 13.4. The zero-order valence-electron chi connectivity index (χ0n) is 15.1. The number of carbonyl (C=O) groups excluding carboxylic acids is 2. The molecule has 1 aliphatic rings. The van der Waals surface area contributed by atoms with Gasteiger partial charge in [0.15, 0.2) is 0 Å². The van der Waals surface area contributed by atoms with Crippen molar-refractivity contribution < 1.29 is 24.2 Å². The van der Waals surface area contributed by atoms with Gasteiger partial charge in [0, 0.05) is 25.2 Å². The third kappa shape index (κ3) is 3.95. The Morgan fingerprint density at radius 3 is 2.36 bits per heavy atom. The topological polar surface area (TPSA) is 89.9 Å². The Morgan fingerprint density at radius 2 is 1.71 bits per heavy atom. The zero-order valence-corrected chi connectivity index (χ0v) is 15.1. The first-order valence-corrected chi connectivity index (χ1v) is 8.95. The molecule has 0 aliphatic carbocycles. The van der Waals surface area contributed by atoms with Crippen LogP contribution in [-0.4, -0.2) is 53.0 Å². The van der Waals surface area contributed by atoms with Gasteiger partial charge in [-0.1, -0.05) is 42.5 Å². The summed E-state index contributed by atoms with van der Waals surface area (Å²) in [5.41, 5.74) is 0.927. The molecular formula is C21H21FN2O4. The third-order valence-electron chi connectivity index (χ3n) is 4.59. The Balaban J connectivity index is 2.04. The maximum Gasteiger partial charge on any atom is 0.295 e. The van der Waals surface area contributed by atoms with E-state index in [4.69, 9.17) is 5.11 Å². The van der Waals surface area contributed by atoms with Gasteiger partial charge in [0.05, 0.1) is 18.2 Å². The van der Waals surface area contributed by atoms with E-state index in [1.54, 1.807) is 30.3 Å². The van der Waals surface area contributed by atoms with E-state index in [1.165, 1.54) is 29.2 Å². The number of aliphatic hydroxyl groups is 2. The highest BCUT2D eigenvalue weighted by Crippen LogP contribution is 2.39. The lowest BCUT2D eigenvalue weighted by Gasteiger charge is -2.25. The highest BCUT2D eigenvalue weighted by molar-refractivity contribution is 6.46. The molecule has 28 heavy (non-hydrogen) atoms. The second kappa shape index (κ2) is 8.77. The van der Waals surface area contributed by atoms with Crippen LogP contribution in [0, 0.1) is 5.82 Å². The molecule has 0 unspecified atom stereocenters. The van der Waals surface area contributed by atoms with Crippen LogP contribution in [0.1, 0.15) is 17.2 Å². The Labute approximate surface area is 161 Å². The van der Waals surface area contributed by atoms with E-state index in [-0.39, 0.29) is 24.5 Å². The second-order valence-electron chi connectivity index (χ2n) is 6.38. The second-order valence-corrected chi connectivity index (χ2v) is 6.38. The van der Waals surface area contributed by atoms with Gasteiger partial charge in [-0.2, -0.15) is 0 Å². The van der Waals surface area contributed by atoms with Crippen LogP contribution in [-0.2, 0) is 9.59 Å². The average Bonchev–Trinajstić information content (AvgIpc) is 2.97. The number of aliphatic hydroxyl groups excluding tert-OH is 2. The summed E-state index contributed by atoms with van der Waals surface area (Å²) in [5, 5.41) is 22.6. The van der Waals surface area contributed by atoms with Crippen molar-refractivity contribution >= 4 is 17.4 Å². The molecule has 1 fully saturated rings.